The number of amides is 2. The van der Waals surface area contributed by atoms with Gasteiger partial charge in [-0.15, -0.1) is 0 Å². The molecule has 5 unspecified atom stereocenters. The van der Waals surface area contributed by atoms with Crippen LogP contribution in [0.1, 0.15) is 40.0 Å². The van der Waals surface area contributed by atoms with E-state index >= 15 is 0 Å². The van der Waals surface area contributed by atoms with Crippen LogP contribution in [0.15, 0.2) is 0 Å². The Morgan fingerprint density at radius 3 is 2.52 bits per heavy atom. The molecule has 2 saturated heterocycles. The third kappa shape index (κ3) is 14.5. The molecule has 40 heavy (non-hydrogen) atoms. The van der Waals surface area contributed by atoms with Crippen molar-refractivity contribution in [1.29, 1.82) is 0 Å². The summed E-state index contributed by atoms with van der Waals surface area (Å²) in [6.45, 7) is 7.40. The average Bonchev–Trinajstić information content (AvgIpc) is 3.31. The van der Waals surface area contributed by atoms with Crippen molar-refractivity contribution in [1.82, 2.24) is 26.6 Å². The summed E-state index contributed by atoms with van der Waals surface area (Å²) >= 11 is 0. The molecular weight excluding hydrogens is 534 g/mol. The Hall–Kier alpha value is -2.15. The SMILES string of the molecule is CC(C)(C)OC(=O)NC(CC1CN(CCOCCOCCNC(=O)COC2CC(O)CC(CO)O2)NN1)C(=O)O. The largest absolute Gasteiger partial charge is 0.480 e. The van der Waals surface area contributed by atoms with Crippen LogP contribution in [0.3, 0.4) is 0 Å². The smallest absolute Gasteiger partial charge is 0.408 e. The zero-order valence-corrected chi connectivity index (χ0v) is 23.4. The minimum Gasteiger partial charge on any atom is -0.480 e. The molecule has 0 bridgehead atoms. The number of aliphatic hydroxyl groups excluding tert-OH is 2. The standard InChI is InChI=1S/C24H45N5O11/c1-24(2,3)40-23(35)26-19(22(33)34)10-16-13-29(28-27-16)5-7-37-9-8-36-6-4-25-20(32)15-38-21-12-17(31)11-18(14-30)39-21/h16-19,21,27-28,30-31H,4-15H2,1-3H3,(H,25,32)(H,26,35)(H,33,34). The van der Waals surface area contributed by atoms with Crippen LogP contribution >= 0.6 is 0 Å². The number of aliphatic carboxylic acids is 1. The first kappa shape index (κ1) is 34.1. The van der Waals surface area contributed by atoms with Crippen LogP contribution in [0, 0.1) is 0 Å². The van der Waals surface area contributed by atoms with E-state index in [-0.39, 0.29) is 38.0 Å². The summed E-state index contributed by atoms with van der Waals surface area (Å²) in [6.07, 6.45) is -1.91. The van der Waals surface area contributed by atoms with Gasteiger partial charge in [0.1, 0.15) is 18.2 Å². The lowest BCUT2D eigenvalue weighted by Gasteiger charge is -2.31. The molecule has 0 aromatic rings. The van der Waals surface area contributed by atoms with Gasteiger partial charge in [-0.05, 0) is 27.2 Å². The summed E-state index contributed by atoms with van der Waals surface area (Å²) in [5, 5.41) is 35.2. The number of alkyl carbamates (subject to hydrolysis) is 1. The molecule has 16 nitrogen and oxygen atoms in total. The van der Waals surface area contributed by atoms with Gasteiger partial charge in [0.15, 0.2) is 6.29 Å². The van der Waals surface area contributed by atoms with E-state index in [2.05, 4.69) is 21.6 Å². The lowest BCUT2D eigenvalue weighted by molar-refractivity contribution is -0.221. The Kier molecular flexibility index (Phi) is 15.0. The van der Waals surface area contributed by atoms with Crippen LogP contribution in [0.25, 0.3) is 0 Å². The molecule has 0 spiro atoms. The number of ether oxygens (including phenoxy) is 5. The lowest BCUT2D eigenvalue weighted by atomic mass is 10.1. The first-order chi connectivity index (χ1) is 18.9. The fourth-order valence-electron chi connectivity index (χ4n) is 3.93. The number of carbonyl (C=O) groups excluding carboxylic acids is 2. The van der Waals surface area contributed by atoms with Gasteiger partial charge in [0.25, 0.3) is 0 Å². The van der Waals surface area contributed by atoms with Crippen LogP contribution in [-0.2, 0) is 33.3 Å². The van der Waals surface area contributed by atoms with E-state index in [1.54, 1.807) is 20.8 Å². The number of hydrogen-bond acceptors (Lipinski definition) is 13. The van der Waals surface area contributed by atoms with Gasteiger partial charge in [-0.3, -0.25) is 4.79 Å². The molecule has 2 amide bonds. The Labute approximate surface area is 233 Å². The Morgan fingerprint density at radius 1 is 1.12 bits per heavy atom. The number of rotatable bonds is 17. The highest BCUT2D eigenvalue weighted by Gasteiger charge is 2.31. The zero-order valence-electron chi connectivity index (χ0n) is 23.4. The normalized spacial score (nSPS) is 24.4. The Bertz CT molecular complexity index is 785. The van der Waals surface area contributed by atoms with Gasteiger partial charge in [-0.25, -0.2) is 20.0 Å². The molecule has 16 heteroatoms. The minimum atomic E-state index is -1.14. The van der Waals surface area contributed by atoms with E-state index in [4.69, 9.17) is 28.8 Å². The first-order valence-electron chi connectivity index (χ1n) is 13.4. The van der Waals surface area contributed by atoms with Gasteiger partial charge in [0, 0.05) is 38.5 Å². The van der Waals surface area contributed by atoms with E-state index in [0.29, 0.717) is 52.5 Å². The van der Waals surface area contributed by atoms with Crippen LogP contribution in [-0.4, -0.2) is 134 Å². The van der Waals surface area contributed by atoms with Gasteiger partial charge in [-0.1, -0.05) is 0 Å². The second kappa shape index (κ2) is 17.6. The molecule has 0 saturated carbocycles. The summed E-state index contributed by atoms with van der Waals surface area (Å²) in [7, 11) is 0. The highest BCUT2D eigenvalue weighted by atomic mass is 16.7. The second-order valence-electron chi connectivity index (χ2n) is 10.6. The van der Waals surface area contributed by atoms with Gasteiger partial charge in [0.2, 0.25) is 5.91 Å². The summed E-state index contributed by atoms with van der Waals surface area (Å²) in [5.41, 5.74) is 5.24. The molecule has 7 N–H and O–H groups in total. The fourth-order valence-corrected chi connectivity index (χ4v) is 3.93. The maximum atomic E-state index is 11.9. The number of hydrogen-bond donors (Lipinski definition) is 7. The number of aliphatic hydroxyl groups is 2. The molecule has 232 valence electrons. The molecular formula is C24H45N5O11. The Balaban J connectivity index is 1.46. The van der Waals surface area contributed by atoms with E-state index in [9.17, 15) is 24.6 Å². The maximum absolute atomic E-state index is 11.9. The molecule has 2 heterocycles. The quantitative estimate of drug-likeness (QED) is 0.0937. The molecule has 2 rings (SSSR count). The van der Waals surface area contributed by atoms with E-state index in [0.717, 1.165) is 0 Å². The van der Waals surface area contributed by atoms with Gasteiger partial charge in [-0.2, -0.15) is 5.53 Å². The summed E-state index contributed by atoms with van der Waals surface area (Å²) in [6, 6.07) is -1.31. The zero-order chi connectivity index (χ0) is 29.5. The number of nitrogens with zero attached hydrogens (tertiary/aromatic N) is 1. The van der Waals surface area contributed by atoms with Crippen molar-refractivity contribution in [2.24, 2.45) is 0 Å². The van der Waals surface area contributed by atoms with Crippen molar-refractivity contribution in [3.05, 3.63) is 0 Å². The predicted molar refractivity (Wildman–Crippen MR) is 139 cm³/mol. The van der Waals surface area contributed by atoms with Gasteiger partial charge in [0.05, 0.1) is 45.2 Å². The number of nitrogens with one attached hydrogen (secondary N) is 4. The second-order valence-corrected chi connectivity index (χ2v) is 10.6. The fraction of sp³-hybridized carbons (Fsp3) is 0.875. The van der Waals surface area contributed by atoms with Crippen LogP contribution in [0.2, 0.25) is 0 Å². The number of carbonyl (C=O) groups is 3. The molecule has 0 radical (unpaired) electrons. The first-order valence-corrected chi connectivity index (χ1v) is 13.4. The van der Waals surface area contributed by atoms with Crippen molar-refractivity contribution in [3.8, 4) is 0 Å². The molecule has 0 aromatic heterocycles. The third-order valence-corrected chi connectivity index (χ3v) is 5.77. The Morgan fingerprint density at radius 2 is 1.85 bits per heavy atom. The van der Waals surface area contributed by atoms with Crippen molar-refractivity contribution in [3.63, 3.8) is 0 Å². The van der Waals surface area contributed by atoms with Gasteiger partial charge < -0.3 is 49.6 Å². The maximum Gasteiger partial charge on any atom is 0.408 e. The number of hydrazine groups is 2. The lowest BCUT2D eigenvalue weighted by Crippen LogP contribution is -2.47. The van der Waals surface area contributed by atoms with E-state index in [1.807, 2.05) is 5.01 Å². The van der Waals surface area contributed by atoms with Gasteiger partial charge >= 0.3 is 12.1 Å². The number of carboxylic acid groups (broad SMARTS) is 1. The summed E-state index contributed by atoms with van der Waals surface area (Å²) < 4.78 is 26.9. The minimum absolute atomic E-state index is 0.164. The van der Waals surface area contributed by atoms with Crippen molar-refractivity contribution in [2.45, 2.75) is 76.2 Å². The highest BCUT2D eigenvalue weighted by Crippen LogP contribution is 2.20. The average molecular weight is 580 g/mol. The van der Waals surface area contributed by atoms with Crippen LogP contribution in [0.4, 0.5) is 4.79 Å². The molecule has 2 aliphatic heterocycles. The van der Waals surface area contributed by atoms with Crippen LogP contribution in [0.5, 0.6) is 0 Å². The third-order valence-electron chi connectivity index (χ3n) is 5.77. The van der Waals surface area contributed by atoms with E-state index < -0.39 is 42.2 Å². The van der Waals surface area contributed by atoms with Crippen LogP contribution < -0.4 is 21.6 Å². The summed E-state index contributed by atoms with van der Waals surface area (Å²) in [4.78, 5) is 35.4. The molecule has 0 aliphatic carbocycles. The predicted octanol–water partition coefficient (Wildman–Crippen LogP) is -1.93. The molecule has 2 fully saturated rings. The van der Waals surface area contributed by atoms with Crippen molar-refractivity contribution in [2.75, 3.05) is 59.3 Å². The summed E-state index contributed by atoms with van der Waals surface area (Å²) in [5.74, 6) is -1.49. The molecule has 0 aromatic carbocycles. The van der Waals surface area contributed by atoms with E-state index in [1.165, 1.54) is 0 Å². The highest BCUT2D eigenvalue weighted by molar-refractivity contribution is 5.80. The molecule has 5 atom stereocenters. The van der Waals surface area contributed by atoms with Crippen molar-refractivity contribution < 1.29 is 53.4 Å². The van der Waals surface area contributed by atoms with Crippen molar-refractivity contribution >= 4 is 18.0 Å². The topological polar surface area (TPSA) is 209 Å². The number of carboxylic acids is 1. The molecule has 2 aliphatic rings. The monoisotopic (exact) mass is 579 g/mol.